The quantitative estimate of drug-likeness (QED) is 0.617. The topological polar surface area (TPSA) is 110 Å². The van der Waals surface area contributed by atoms with Gasteiger partial charge in [0, 0.05) is 32.2 Å². The number of hydrogen-bond donors (Lipinski definition) is 1. The first-order valence-electron chi connectivity index (χ1n) is 8.67. The van der Waals surface area contributed by atoms with Gasteiger partial charge in [0.1, 0.15) is 27.9 Å². The van der Waals surface area contributed by atoms with Gasteiger partial charge in [0.15, 0.2) is 0 Å². The van der Waals surface area contributed by atoms with Crippen molar-refractivity contribution in [3.63, 3.8) is 0 Å². The molecular formula is C18H14ClFN6O3S2. The Morgan fingerprint density at radius 2 is 2.03 bits per heavy atom. The van der Waals surface area contributed by atoms with E-state index in [1.54, 1.807) is 30.2 Å². The van der Waals surface area contributed by atoms with Crippen LogP contribution in [0, 0.1) is 5.82 Å². The summed E-state index contributed by atoms with van der Waals surface area (Å²) in [7, 11) is -1.17. The number of nitrogens with one attached hydrogen (secondary N) is 1. The Balaban J connectivity index is 1.66. The summed E-state index contributed by atoms with van der Waals surface area (Å²) in [4.78, 5) is 17.7. The van der Waals surface area contributed by atoms with Gasteiger partial charge in [0.25, 0.3) is 5.91 Å². The molecule has 13 heteroatoms. The molecule has 1 aliphatic heterocycles. The van der Waals surface area contributed by atoms with Crippen molar-refractivity contribution in [1.82, 2.24) is 19.1 Å². The van der Waals surface area contributed by atoms with Crippen LogP contribution in [0.15, 0.2) is 52.8 Å². The molecule has 31 heavy (non-hydrogen) atoms. The summed E-state index contributed by atoms with van der Waals surface area (Å²) < 4.78 is 44.5. The molecule has 0 spiro atoms. The van der Waals surface area contributed by atoms with Crippen LogP contribution in [-0.2, 0) is 22.1 Å². The van der Waals surface area contributed by atoms with Crippen molar-refractivity contribution >= 4 is 50.5 Å². The molecule has 0 radical (unpaired) electrons. The van der Waals surface area contributed by atoms with Gasteiger partial charge >= 0.3 is 10.2 Å². The highest BCUT2D eigenvalue weighted by atomic mass is 35.5. The third kappa shape index (κ3) is 4.22. The fraction of sp³-hybridized carbons (Fsp3) is 0.111. The minimum absolute atomic E-state index is 0.0209. The first-order chi connectivity index (χ1) is 14.6. The molecular weight excluding hydrogens is 467 g/mol. The predicted molar refractivity (Wildman–Crippen MR) is 116 cm³/mol. The van der Waals surface area contributed by atoms with Gasteiger partial charge in [-0.2, -0.15) is 13.5 Å². The average Bonchev–Trinajstić information content (AvgIpc) is 3.35. The number of aromatic nitrogens is 3. The van der Waals surface area contributed by atoms with Gasteiger partial charge in [-0.25, -0.2) is 13.7 Å². The number of halogens is 2. The van der Waals surface area contributed by atoms with Crippen molar-refractivity contribution in [2.75, 3.05) is 12.4 Å². The Bertz CT molecular complexity index is 1360. The lowest BCUT2D eigenvalue weighted by molar-refractivity contribution is -0.113. The molecule has 160 valence electrons. The van der Waals surface area contributed by atoms with Crippen LogP contribution in [0.3, 0.4) is 0 Å². The number of hydrogen-bond acceptors (Lipinski definition) is 6. The number of anilines is 1. The summed E-state index contributed by atoms with van der Waals surface area (Å²) in [6, 6.07) is 5.43. The van der Waals surface area contributed by atoms with Gasteiger partial charge in [0.05, 0.1) is 9.90 Å². The number of benzene rings is 1. The number of nitrogens with zero attached hydrogens (tertiary/aromatic N) is 5. The Morgan fingerprint density at radius 1 is 1.26 bits per heavy atom. The van der Waals surface area contributed by atoms with E-state index in [4.69, 9.17) is 11.6 Å². The van der Waals surface area contributed by atoms with E-state index in [1.807, 2.05) is 0 Å². The highest BCUT2D eigenvalue weighted by Crippen LogP contribution is 2.28. The lowest BCUT2D eigenvalue weighted by Crippen LogP contribution is -2.35. The van der Waals surface area contributed by atoms with E-state index in [2.05, 4.69) is 19.8 Å². The largest absolute Gasteiger partial charge is 0.345 e. The van der Waals surface area contributed by atoms with Gasteiger partial charge < -0.3 is 5.32 Å². The maximum atomic E-state index is 13.3. The van der Waals surface area contributed by atoms with Crippen molar-refractivity contribution < 1.29 is 17.6 Å². The van der Waals surface area contributed by atoms with Crippen LogP contribution in [0.1, 0.15) is 5.01 Å². The Labute approximate surface area is 185 Å². The zero-order valence-corrected chi connectivity index (χ0v) is 18.5. The molecule has 0 atom stereocenters. The number of likely N-dealkylation sites (N-methyl/N-ethyl adjacent to an activating group) is 1. The van der Waals surface area contributed by atoms with E-state index < -0.39 is 21.9 Å². The van der Waals surface area contributed by atoms with Crippen molar-refractivity contribution in [2.45, 2.75) is 0 Å². The first-order valence-corrected chi connectivity index (χ1v) is 11.3. The van der Waals surface area contributed by atoms with E-state index in [0.717, 1.165) is 15.2 Å². The summed E-state index contributed by atoms with van der Waals surface area (Å²) in [6.45, 7) is 0. The maximum Gasteiger partial charge on any atom is 0.345 e. The molecule has 2 aromatic heterocycles. The lowest BCUT2D eigenvalue weighted by atomic mass is 10.2. The van der Waals surface area contributed by atoms with Crippen molar-refractivity contribution in [2.24, 2.45) is 11.4 Å². The number of amides is 1. The number of allylic oxidation sites excluding steroid dienone is 1. The molecule has 0 aliphatic carbocycles. The molecule has 1 N–H and O–H groups in total. The van der Waals surface area contributed by atoms with Crippen LogP contribution in [0.5, 0.6) is 0 Å². The minimum atomic E-state index is -4.16. The first kappa shape index (κ1) is 21.2. The van der Waals surface area contributed by atoms with E-state index in [0.29, 0.717) is 10.7 Å². The van der Waals surface area contributed by atoms with E-state index in [1.165, 1.54) is 36.6 Å². The van der Waals surface area contributed by atoms with Crippen LogP contribution in [-0.4, -0.2) is 46.2 Å². The van der Waals surface area contributed by atoms with Gasteiger partial charge in [0.2, 0.25) is 0 Å². The molecule has 0 unspecified atom stereocenters. The van der Waals surface area contributed by atoms with Crippen LogP contribution in [0.25, 0.3) is 10.6 Å². The predicted octanol–water partition coefficient (Wildman–Crippen LogP) is 2.84. The van der Waals surface area contributed by atoms with Gasteiger partial charge in [-0.1, -0.05) is 11.6 Å². The molecule has 1 amide bonds. The van der Waals surface area contributed by atoms with Crippen LogP contribution in [0.4, 0.5) is 10.1 Å². The van der Waals surface area contributed by atoms with E-state index >= 15 is 0 Å². The molecule has 1 aliphatic rings. The molecule has 1 aromatic carbocycles. The highest BCUT2D eigenvalue weighted by Gasteiger charge is 2.31. The highest BCUT2D eigenvalue weighted by molar-refractivity contribution is 7.88. The van der Waals surface area contributed by atoms with Gasteiger partial charge in [-0.3, -0.25) is 9.48 Å². The van der Waals surface area contributed by atoms with Crippen LogP contribution < -0.4 is 5.32 Å². The van der Waals surface area contributed by atoms with E-state index in [9.17, 15) is 17.6 Å². The molecule has 0 bridgehead atoms. The maximum absolute atomic E-state index is 13.3. The fourth-order valence-corrected chi connectivity index (χ4v) is 4.67. The number of rotatable bonds is 4. The lowest BCUT2D eigenvalue weighted by Gasteiger charge is -2.23. The molecule has 4 rings (SSSR count). The molecule has 0 saturated heterocycles. The Morgan fingerprint density at radius 3 is 2.71 bits per heavy atom. The zero-order chi connectivity index (χ0) is 22.3. The Kier molecular flexibility index (Phi) is 5.37. The fourth-order valence-electron chi connectivity index (χ4n) is 2.69. The van der Waals surface area contributed by atoms with Gasteiger partial charge in [-0.15, -0.1) is 15.7 Å². The summed E-state index contributed by atoms with van der Waals surface area (Å²) in [5.41, 5.74) is 0.726. The standard InChI is InChI=1S/C18H14ClFN6O3S2/c1-25-6-5-13(23-25)16-9-21-18(30-16)14-8-15(26(2)31(28,29)24-14)17(27)22-10-3-4-12(20)11(19)7-10/h3-9H,1-2H3,(H,22,27). The van der Waals surface area contributed by atoms with Crippen molar-refractivity contribution in [3.8, 4) is 10.6 Å². The third-order valence-corrected chi connectivity index (χ3v) is 6.92. The third-order valence-electron chi connectivity index (χ3n) is 4.27. The molecule has 3 heterocycles. The number of thiazole rings is 1. The molecule has 0 saturated carbocycles. The van der Waals surface area contributed by atoms with E-state index in [-0.39, 0.29) is 22.1 Å². The number of aryl methyl sites for hydroxylation is 1. The summed E-state index contributed by atoms with van der Waals surface area (Å²) in [6.07, 6.45) is 4.66. The second-order valence-electron chi connectivity index (χ2n) is 6.44. The monoisotopic (exact) mass is 480 g/mol. The normalized spacial score (nSPS) is 15.4. The summed E-state index contributed by atoms with van der Waals surface area (Å²) in [5, 5.41) is 6.93. The van der Waals surface area contributed by atoms with Crippen molar-refractivity contribution in [3.05, 3.63) is 64.3 Å². The SMILES string of the molecule is CN1C(C(=O)Nc2ccc(F)c(Cl)c2)=CC(c2ncc(-c3ccn(C)n3)s2)=NS1(=O)=O. The second kappa shape index (κ2) is 7.87. The van der Waals surface area contributed by atoms with Gasteiger partial charge in [-0.05, 0) is 30.3 Å². The minimum Gasteiger partial charge on any atom is -0.321 e. The average molecular weight is 481 g/mol. The summed E-state index contributed by atoms with van der Waals surface area (Å²) in [5.74, 6) is -1.37. The molecule has 0 fully saturated rings. The number of carbonyl (C=O) groups excluding carboxylic acids is 1. The number of carbonyl (C=O) groups is 1. The Hall–Kier alpha value is -3.09. The molecule has 3 aromatic rings. The second-order valence-corrected chi connectivity index (χ2v) is 9.50. The smallest absolute Gasteiger partial charge is 0.321 e. The van der Waals surface area contributed by atoms with Crippen molar-refractivity contribution in [1.29, 1.82) is 0 Å². The van der Waals surface area contributed by atoms with Crippen LogP contribution in [0.2, 0.25) is 5.02 Å². The van der Waals surface area contributed by atoms with Crippen LogP contribution >= 0.6 is 22.9 Å². The zero-order valence-electron chi connectivity index (χ0n) is 16.1. The molecule has 9 nitrogen and oxygen atoms in total. The summed E-state index contributed by atoms with van der Waals surface area (Å²) >= 11 is 6.93.